The second kappa shape index (κ2) is 11.6. The topological polar surface area (TPSA) is 113 Å². The number of sulfone groups is 1. The average Bonchev–Trinajstić information content (AvgIpc) is 2.98. The van der Waals surface area contributed by atoms with Crippen LogP contribution >= 0.6 is 11.8 Å². The van der Waals surface area contributed by atoms with Crippen molar-refractivity contribution in [1.29, 1.82) is 0 Å². The molecule has 0 aliphatic carbocycles. The number of benzene rings is 2. The van der Waals surface area contributed by atoms with Gasteiger partial charge in [0.15, 0.2) is 9.84 Å². The third kappa shape index (κ3) is 6.75. The van der Waals surface area contributed by atoms with Gasteiger partial charge in [-0.2, -0.15) is 4.39 Å². The molecule has 3 rings (SSSR count). The number of carbonyl (C=O) groups is 2. The van der Waals surface area contributed by atoms with E-state index in [4.69, 9.17) is 9.84 Å². The molecule has 2 aromatic rings. The van der Waals surface area contributed by atoms with Crippen LogP contribution in [0.5, 0.6) is 5.75 Å². The van der Waals surface area contributed by atoms with Crippen LogP contribution in [0.1, 0.15) is 47.5 Å². The first kappa shape index (κ1) is 30.5. The van der Waals surface area contributed by atoms with Crippen molar-refractivity contribution < 1.29 is 32.2 Å². The molecule has 11 heteroatoms. The van der Waals surface area contributed by atoms with Gasteiger partial charge in [-0.1, -0.05) is 34.6 Å². The number of aliphatic carboxylic acids is 1. The van der Waals surface area contributed by atoms with Crippen LogP contribution in [0.4, 0.5) is 21.5 Å². The molecule has 0 fully saturated rings. The van der Waals surface area contributed by atoms with Crippen LogP contribution < -0.4 is 15.0 Å². The normalized spacial score (nSPS) is 16.7. The molecule has 0 unspecified atom stereocenters. The molecule has 2 N–H and O–H groups in total. The fourth-order valence-corrected chi connectivity index (χ4v) is 7.08. The maximum Gasteiger partial charge on any atom is 0.368 e. The largest absolute Gasteiger partial charge is 0.476 e. The van der Waals surface area contributed by atoms with Crippen molar-refractivity contribution in [3.05, 3.63) is 48.5 Å². The summed E-state index contributed by atoms with van der Waals surface area (Å²) in [5, 5.41) is 11.7. The van der Waals surface area contributed by atoms with Crippen LogP contribution in [-0.4, -0.2) is 44.0 Å². The second-order valence-corrected chi connectivity index (χ2v) is 13.5. The van der Waals surface area contributed by atoms with Gasteiger partial charge >= 0.3 is 5.97 Å². The maximum atomic E-state index is 13.8. The fraction of sp³-hybridized carbons (Fsp3) is 0.429. The molecule has 212 valence electrons. The number of hydrogen-bond donors (Lipinski definition) is 2. The summed E-state index contributed by atoms with van der Waals surface area (Å²) in [5.41, 5.74) is 0.706. The molecular weight excluding hydrogens is 543 g/mol. The molecule has 0 saturated carbocycles. The minimum absolute atomic E-state index is 0.0216. The number of ether oxygens (including phenoxy) is 1. The van der Waals surface area contributed by atoms with Crippen molar-refractivity contribution in [3.8, 4) is 5.75 Å². The van der Waals surface area contributed by atoms with Gasteiger partial charge in [-0.3, -0.25) is 4.79 Å². The number of amides is 1. The number of anilines is 3. The lowest BCUT2D eigenvalue weighted by atomic mass is 9.83. The van der Waals surface area contributed by atoms with Crippen LogP contribution in [0, 0.1) is 10.8 Å². The number of carboxylic acid groups (broad SMARTS) is 1. The zero-order valence-electron chi connectivity index (χ0n) is 23.0. The number of carbonyl (C=O) groups excluding carboxylic acids is 1. The van der Waals surface area contributed by atoms with Crippen molar-refractivity contribution in [2.24, 2.45) is 10.8 Å². The van der Waals surface area contributed by atoms with Gasteiger partial charge in [0.2, 0.25) is 11.7 Å². The Bertz CT molecular complexity index is 1380. The summed E-state index contributed by atoms with van der Waals surface area (Å²) in [7, 11) is -3.81. The van der Waals surface area contributed by atoms with E-state index in [-0.39, 0.29) is 22.3 Å². The van der Waals surface area contributed by atoms with E-state index < -0.39 is 32.5 Å². The van der Waals surface area contributed by atoms with Crippen molar-refractivity contribution in [1.82, 2.24) is 0 Å². The molecular formula is C28H35FN2O6S2. The van der Waals surface area contributed by atoms with Gasteiger partial charge in [0.1, 0.15) is 12.0 Å². The average molecular weight is 579 g/mol. The molecule has 0 spiro atoms. The lowest BCUT2D eigenvalue weighted by molar-refractivity contribution is -0.134. The Morgan fingerprint density at radius 2 is 1.79 bits per heavy atom. The number of hydrogen-bond acceptors (Lipinski definition) is 7. The fourth-order valence-electron chi connectivity index (χ4n) is 4.31. The van der Waals surface area contributed by atoms with Gasteiger partial charge in [0.25, 0.3) is 0 Å². The van der Waals surface area contributed by atoms with Crippen LogP contribution in [0.25, 0.3) is 0 Å². The predicted octanol–water partition coefficient (Wildman–Crippen LogP) is 6.40. The summed E-state index contributed by atoms with van der Waals surface area (Å²) in [5.74, 6) is -3.46. The van der Waals surface area contributed by atoms with E-state index in [1.807, 2.05) is 51.7 Å². The van der Waals surface area contributed by atoms with Crippen molar-refractivity contribution in [2.45, 2.75) is 57.3 Å². The number of nitrogens with one attached hydrogen (secondary N) is 1. The van der Waals surface area contributed by atoms with Crippen molar-refractivity contribution in [2.75, 3.05) is 28.8 Å². The first-order chi connectivity index (χ1) is 18.2. The summed E-state index contributed by atoms with van der Waals surface area (Å²) >= 11 is 1.26. The van der Waals surface area contributed by atoms with Crippen LogP contribution in [0.15, 0.2) is 58.3 Å². The highest BCUT2D eigenvalue weighted by Gasteiger charge is 2.41. The van der Waals surface area contributed by atoms with E-state index >= 15 is 0 Å². The van der Waals surface area contributed by atoms with E-state index in [0.29, 0.717) is 41.9 Å². The van der Waals surface area contributed by atoms with E-state index in [1.165, 1.54) is 17.8 Å². The summed E-state index contributed by atoms with van der Waals surface area (Å²) in [6, 6.07) is 10.3. The third-order valence-electron chi connectivity index (χ3n) is 6.97. The number of nitrogens with zero attached hydrogens (tertiary/aromatic N) is 1. The Balaban J connectivity index is 2.17. The number of carboxylic acids is 1. The van der Waals surface area contributed by atoms with Gasteiger partial charge in [-0.15, -0.1) is 11.8 Å². The highest BCUT2D eigenvalue weighted by molar-refractivity contribution is 7.98. The zero-order valence-corrected chi connectivity index (χ0v) is 24.6. The molecule has 1 heterocycles. The predicted molar refractivity (Wildman–Crippen MR) is 152 cm³/mol. The van der Waals surface area contributed by atoms with Gasteiger partial charge in [0.05, 0.1) is 21.2 Å². The van der Waals surface area contributed by atoms with E-state index in [2.05, 4.69) is 5.32 Å². The van der Waals surface area contributed by atoms with Gasteiger partial charge in [0, 0.05) is 34.8 Å². The highest BCUT2D eigenvalue weighted by atomic mass is 32.2. The summed E-state index contributed by atoms with van der Waals surface area (Å²) in [4.78, 5) is 25.8. The number of thioether (sulfide) groups is 1. The molecule has 0 saturated heterocycles. The summed E-state index contributed by atoms with van der Waals surface area (Å²) in [6.07, 6.45) is 3.46. The smallest absolute Gasteiger partial charge is 0.368 e. The Hall–Kier alpha value is -3.05. The molecule has 0 radical (unpaired) electrons. The van der Waals surface area contributed by atoms with E-state index in [1.54, 1.807) is 24.5 Å². The maximum absolute atomic E-state index is 13.8. The van der Waals surface area contributed by atoms with E-state index in [9.17, 15) is 22.4 Å². The minimum Gasteiger partial charge on any atom is -0.476 e. The number of halogens is 1. The summed E-state index contributed by atoms with van der Waals surface area (Å²) < 4.78 is 46.5. The lowest BCUT2D eigenvalue weighted by Gasteiger charge is -2.35. The molecule has 39 heavy (non-hydrogen) atoms. The van der Waals surface area contributed by atoms with Crippen molar-refractivity contribution >= 4 is 50.5 Å². The molecule has 0 bridgehead atoms. The zero-order chi connectivity index (χ0) is 29.2. The Labute approximate surface area is 233 Å². The standard InChI is InChI=1S/C28H35FN2O6S2/c1-7-28(8-2)16-31(19-11-9-18(10-12-19)30-26(34)27(3,4)5)21-13-23(38-6)22(37-15-20(29)25(32)33)14-24(21)39(35,36)17-28/h9-15H,7-8,16-17H2,1-6H3,(H,30,34)(H,32,33). The molecule has 0 aromatic heterocycles. The molecule has 1 aliphatic rings. The van der Waals surface area contributed by atoms with E-state index in [0.717, 1.165) is 5.69 Å². The highest BCUT2D eigenvalue weighted by Crippen LogP contribution is 2.47. The quantitative estimate of drug-likeness (QED) is 0.210. The second-order valence-electron chi connectivity index (χ2n) is 10.7. The Morgan fingerprint density at radius 1 is 1.18 bits per heavy atom. The lowest BCUT2D eigenvalue weighted by Crippen LogP contribution is -2.37. The molecule has 1 amide bonds. The first-order valence-electron chi connectivity index (χ1n) is 12.6. The first-order valence-corrected chi connectivity index (χ1v) is 15.4. The summed E-state index contributed by atoms with van der Waals surface area (Å²) in [6.45, 7) is 9.86. The minimum atomic E-state index is -3.81. The molecule has 1 aliphatic heterocycles. The van der Waals surface area contributed by atoms with Crippen LogP contribution in [0.2, 0.25) is 0 Å². The van der Waals surface area contributed by atoms with Crippen LogP contribution in [0.3, 0.4) is 0 Å². The van der Waals surface area contributed by atoms with Gasteiger partial charge in [-0.05, 0) is 49.4 Å². The number of fused-ring (bicyclic) bond motifs is 1. The number of rotatable bonds is 8. The Kier molecular flexibility index (Phi) is 9.06. The molecule has 2 aromatic carbocycles. The monoisotopic (exact) mass is 578 g/mol. The van der Waals surface area contributed by atoms with Gasteiger partial charge in [-0.25, -0.2) is 13.2 Å². The van der Waals surface area contributed by atoms with Crippen molar-refractivity contribution in [3.63, 3.8) is 0 Å². The molecule has 0 atom stereocenters. The Morgan fingerprint density at radius 3 is 2.31 bits per heavy atom. The van der Waals surface area contributed by atoms with Crippen LogP contribution in [-0.2, 0) is 19.4 Å². The third-order valence-corrected chi connectivity index (χ3v) is 9.72. The molecule has 8 nitrogen and oxygen atoms in total. The SMILES string of the molecule is CCC1(CC)CN(c2ccc(NC(=O)C(C)(C)C)cc2)c2cc(SC)c(OC=C(F)C(=O)O)cc2S(=O)(=O)C1. The van der Waals surface area contributed by atoms with Gasteiger partial charge < -0.3 is 20.1 Å².